The third-order valence-electron chi connectivity index (χ3n) is 12.2. The molecule has 0 radical (unpaired) electrons. The molecule has 5 aliphatic rings. The molecule has 0 spiro atoms. The maximum Gasteiger partial charge on any atom is 0.309 e. The second kappa shape index (κ2) is 6.98. The van der Waals surface area contributed by atoms with Crippen LogP contribution in [-0.4, -0.2) is 22.0 Å². The van der Waals surface area contributed by atoms with Crippen LogP contribution in [0.1, 0.15) is 92.9 Å². The van der Waals surface area contributed by atoms with Crippen LogP contribution in [0, 0.1) is 51.2 Å². The van der Waals surface area contributed by atoms with E-state index in [1.807, 2.05) is 13.0 Å². The maximum atomic E-state index is 12.7. The highest BCUT2D eigenvalue weighted by Crippen LogP contribution is 2.76. The van der Waals surface area contributed by atoms with Gasteiger partial charge in [0.25, 0.3) is 0 Å². The van der Waals surface area contributed by atoms with Crippen molar-refractivity contribution in [2.45, 2.75) is 92.9 Å². The van der Waals surface area contributed by atoms with Gasteiger partial charge in [-0.15, -0.1) is 0 Å². The summed E-state index contributed by atoms with van der Waals surface area (Å²) in [5.74, 6) is 1.19. The Morgan fingerprint density at radius 3 is 2.36 bits per heavy atom. The quantitative estimate of drug-likeness (QED) is 0.486. The number of allylic oxidation sites excluding steroid dienone is 3. The number of hydrogen-bond donors (Lipinski definition) is 2. The van der Waals surface area contributed by atoms with Gasteiger partial charge in [0.2, 0.25) is 5.78 Å². The Balaban J connectivity index is 1.61. The van der Waals surface area contributed by atoms with E-state index < -0.39 is 11.4 Å². The number of carbonyl (C=O) groups excluding carboxylic acids is 1. The van der Waals surface area contributed by atoms with E-state index in [0.29, 0.717) is 23.7 Å². The molecule has 4 saturated carbocycles. The van der Waals surface area contributed by atoms with Crippen molar-refractivity contribution in [3.63, 3.8) is 0 Å². The standard InChI is InChI=1S/C29H42O4/c1-16(2)18-9-12-29(25(32)33)14-13-27(5)20(23(18)29)7-8-22-26(4)15-21(30)24(31)17(3)19(26)10-11-28(22,27)6/h15-16,18,20,22-23,30H,7-14H2,1-6H3,(H,32,33)/t18-,20?,22+,23+,26-,27+,28+,29-/m0/s1. The minimum atomic E-state index is -0.555. The number of aliphatic hydroxyl groups is 1. The number of carbonyl (C=O) groups is 2. The molecule has 0 aliphatic heterocycles. The van der Waals surface area contributed by atoms with Crippen LogP contribution in [0.2, 0.25) is 0 Å². The highest BCUT2D eigenvalue weighted by molar-refractivity contribution is 6.08. The van der Waals surface area contributed by atoms with E-state index >= 15 is 0 Å². The van der Waals surface area contributed by atoms with Gasteiger partial charge < -0.3 is 10.2 Å². The lowest BCUT2D eigenvalue weighted by atomic mass is 9.34. The number of aliphatic hydroxyl groups excluding tert-OH is 1. The second-order valence-corrected chi connectivity index (χ2v) is 13.2. The number of fused-ring (bicyclic) bond motifs is 7. The van der Waals surface area contributed by atoms with Crippen molar-refractivity contribution in [3.05, 3.63) is 23.0 Å². The Hall–Kier alpha value is -1.58. The van der Waals surface area contributed by atoms with Gasteiger partial charge in [-0.25, -0.2) is 0 Å². The first-order valence-electron chi connectivity index (χ1n) is 13.2. The summed E-state index contributed by atoms with van der Waals surface area (Å²) in [5.41, 5.74) is 1.27. The highest BCUT2D eigenvalue weighted by Gasteiger charge is 2.70. The normalized spacial score (nSPS) is 49.2. The SMILES string of the molecule is CC1=C2CC[C@]3(C)[C@H](CCC4[C@H]5[C@H](C(C)C)CC[C@]5(C(=O)O)CC[C@]43C)[C@@]2(C)C=C(O)C1=O. The third kappa shape index (κ3) is 2.64. The monoisotopic (exact) mass is 454 g/mol. The molecule has 0 heterocycles. The summed E-state index contributed by atoms with van der Waals surface area (Å²) in [4.78, 5) is 25.3. The molecule has 0 aromatic carbocycles. The molecule has 5 aliphatic carbocycles. The molecule has 4 nitrogen and oxygen atoms in total. The van der Waals surface area contributed by atoms with Crippen molar-refractivity contribution in [2.75, 3.05) is 0 Å². The summed E-state index contributed by atoms with van der Waals surface area (Å²) in [6.45, 7) is 13.7. The van der Waals surface area contributed by atoms with Gasteiger partial charge in [0.1, 0.15) is 0 Å². The van der Waals surface area contributed by atoms with Gasteiger partial charge in [-0.05, 0) is 105 Å². The third-order valence-corrected chi connectivity index (χ3v) is 12.2. The van der Waals surface area contributed by atoms with Crippen LogP contribution >= 0.6 is 0 Å². The van der Waals surface area contributed by atoms with E-state index in [4.69, 9.17) is 0 Å². The van der Waals surface area contributed by atoms with Gasteiger partial charge in [0.15, 0.2) is 5.76 Å². The summed E-state index contributed by atoms with van der Waals surface area (Å²) in [7, 11) is 0. The fraction of sp³-hybridized carbons (Fsp3) is 0.793. The Kier molecular flexibility index (Phi) is 4.90. The van der Waals surface area contributed by atoms with Crippen molar-refractivity contribution in [1.82, 2.24) is 0 Å². The largest absolute Gasteiger partial charge is 0.504 e. The van der Waals surface area contributed by atoms with E-state index in [1.165, 1.54) is 5.57 Å². The van der Waals surface area contributed by atoms with Crippen molar-refractivity contribution in [1.29, 1.82) is 0 Å². The minimum absolute atomic E-state index is 0.0559. The van der Waals surface area contributed by atoms with E-state index in [1.54, 1.807) is 0 Å². The summed E-state index contributed by atoms with van der Waals surface area (Å²) >= 11 is 0. The molecular formula is C29H42O4. The van der Waals surface area contributed by atoms with Crippen LogP contribution in [0.15, 0.2) is 23.0 Å². The molecule has 182 valence electrons. The van der Waals surface area contributed by atoms with E-state index in [9.17, 15) is 19.8 Å². The summed E-state index contributed by atoms with van der Waals surface area (Å²) in [6, 6.07) is 0. The molecule has 1 unspecified atom stereocenters. The fourth-order valence-electron chi connectivity index (χ4n) is 10.3. The van der Waals surface area contributed by atoms with Crippen LogP contribution in [0.3, 0.4) is 0 Å². The van der Waals surface area contributed by atoms with E-state index in [0.717, 1.165) is 56.9 Å². The first kappa shape index (κ1) is 23.2. The molecule has 5 rings (SSSR count). The Bertz CT molecular complexity index is 974. The molecule has 4 fully saturated rings. The minimum Gasteiger partial charge on any atom is -0.504 e. The lowest BCUT2D eigenvalue weighted by Crippen LogP contribution is -2.64. The van der Waals surface area contributed by atoms with Crippen molar-refractivity contribution in [2.24, 2.45) is 51.2 Å². The fourth-order valence-corrected chi connectivity index (χ4v) is 10.3. The van der Waals surface area contributed by atoms with Gasteiger partial charge in [-0.3, -0.25) is 9.59 Å². The topological polar surface area (TPSA) is 74.6 Å². The van der Waals surface area contributed by atoms with Crippen molar-refractivity contribution < 1.29 is 19.8 Å². The Morgan fingerprint density at radius 1 is 1.03 bits per heavy atom. The second-order valence-electron chi connectivity index (χ2n) is 13.2. The van der Waals surface area contributed by atoms with Crippen molar-refractivity contribution in [3.8, 4) is 0 Å². The van der Waals surface area contributed by atoms with Crippen LogP contribution in [0.5, 0.6) is 0 Å². The van der Waals surface area contributed by atoms with Gasteiger partial charge >= 0.3 is 5.97 Å². The summed E-state index contributed by atoms with van der Waals surface area (Å²) < 4.78 is 0. The molecule has 0 bridgehead atoms. The molecule has 0 saturated heterocycles. The lowest BCUT2D eigenvalue weighted by molar-refractivity contribution is -0.202. The van der Waals surface area contributed by atoms with Gasteiger partial charge in [0, 0.05) is 11.0 Å². The first-order chi connectivity index (χ1) is 15.3. The average molecular weight is 455 g/mol. The molecule has 2 N–H and O–H groups in total. The van der Waals surface area contributed by atoms with Crippen LogP contribution in [-0.2, 0) is 9.59 Å². The summed E-state index contributed by atoms with van der Waals surface area (Å²) in [5, 5.41) is 21.0. The molecule has 33 heavy (non-hydrogen) atoms. The Labute approximate surface area is 198 Å². The number of Topliss-reactive ketones (excluding diaryl/α,β-unsaturated/α-hetero) is 1. The molecular weight excluding hydrogens is 412 g/mol. The van der Waals surface area contributed by atoms with Crippen LogP contribution in [0.4, 0.5) is 0 Å². The maximum absolute atomic E-state index is 12.7. The lowest BCUT2D eigenvalue weighted by Gasteiger charge is -2.69. The zero-order valence-electron chi connectivity index (χ0n) is 21.3. The van der Waals surface area contributed by atoms with Crippen molar-refractivity contribution >= 4 is 11.8 Å². The zero-order valence-corrected chi connectivity index (χ0v) is 21.3. The van der Waals surface area contributed by atoms with Gasteiger partial charge in [-0.2, -0.15) is 0 Å². The smallest absolute Gasteiger partial charge is 0.309 e. The number of hydrogen-bond acceptors (Lipinski definition) is 3. The number of rotatable bonds is 2. The number of aliphatic carboxylic acids is 1. The van der Waals surface area contributed by atoms with E-state index in [-0.39, 0.29) is 33.7 Å². The van der Waals surface area contributed by atoms with Crippen LogP contribution < -0.4 is 0 Å². The number of ketones is 1. The molecule has 4 heteroatoms. The number of carboxylic acid groups (broad SMARTS) is 1. The van der Waals surface area contributed by atoms with Gasteiger partial charge in [0.05, 0.1) is 5.41 Å². The molecule has 0 aromatic heterocycles. The zero-order chi connectivity index (χ0) is 24.1. The van der Waals surface area contributed by atoms with E-state index in [2.05, 4.69) is 34.6 Å². The summed E-state index contributed by atoms with van der Waals surface area (Å²) in [6.07, 6.45) is 9.58. The first-order valence-corrected chi connectivity index (χ1v) is 13.2. The predicted octanol–water partition coefficient (Wildman–Crippen LogP) is 6.71. The number of carboxylic acids is 1. The predicted molar refractivity (Wildman–Crippen MR) is 129 cm³/mol. The molecule has 8 atom stereocenters. The molecule has 0 aromatic rings. The average Bonchev–Trinajstić information content (AvgIpc) is 3.14. The van der Waals surface area contributed by atoms with Crippen LogP contribution in [0.25, 0.3) is 0 Å². The highest BCUT2D eigenvalue weighted by atomic mass is 16.4. The molecule has 0 amide bonds. The Morgan fingerprint density at radius 2 is 1.73 bits per heavy atom. The van der Waals surface area contributed by atoms with Gasteiger partial charge in [-0.1, -0.05) is 40.2 Å².